The molecule has 7 heteroatoms. The molecule has 2 N–H and O–H groups in total. The fourth-order valence-electron chi connectivity index (χ4n) is 1.19. The summed E-state index contributed by atoms with van der Waals surface area (Å²) >= 11 is 1.24. The van der Waals surface area contributed by atoms with E-state index in [1.807, 2.05) is 0 Å². The number of aliphatic hydroxyl groups excluding tert-OH is 1. The summed E-state index contributed by atoms with van der Waals surface area (Å²) in [7, 11) is -3.50. The van der Waals surface area contributed by atoms with Crippen molar-refractivity contribution in [3.05, 3.63) is 16.6 Å². The Hall–Kier alpha value is -0.500. The first kappa shape index (κ1) is 13.6. The van der Waals surface area contributed by atoms with E-state index in [1.165, 1.54) is 17.5 Å². The largest absolute Gasteiger partial charge is 0.385 e. The number of hydrogen-bond donors (Lipinski definition) is 2. The van der Waals surface area contributed by atoms with Crippen LogP contribution < -0.4 is 4.72 Å². The molecule has 0 aliphatic carbocycles. The second-order valence-electron chi connectivity index (χ2n) is 4.52. The van der Waals surface area contributed by atoms with Crippen LogP contribution in [0.4, 0.5) is 0 Å². The van der Waals surface area contributed by atoms with Gasteiger partial charge < -0.3 is 5.11 Å². The number of hydrogen-bond acceptors (Lipinski definition) is 5. The summed E-state index contributed by atoms with van der Waals surface area (Å²) in [4.78, 5) is 3.87. The molecule has 1 rings (SSSR count). The van der Waals surface area contributed by atoms with Crippen LogP contribution >= 0.6 is 11.3 Å². The maximum atomic E-state index is 11.7. The molecule has 1 unspecified atom stereocenters. The van der Waals surface area contributed by atoms with Gasteiger partial charge in [0.1, 0.15) is 11.1 Å². The molecule has 0 saturated carbocycles. The zero-order chi connectivity index (χ0) is 12.4. The van der Waals surface area contributed by atoms with E-state index in [2.05, 4.69) is 9.71 Å². The minimum Gasteiger partial charge on any atom is -0.385 e. The third kappa shape index (κ3) is 4.56. The molecule has 0 saturated heterocycles. The summed E-state index contributed by atoms with van der Waals surface area (Å²) < 4.78 is 25.8. The Bertz CT molecular complexity index is 420. The van der Waals surface area contributed by atoms with Gasteiger partial charge in [-0.3, -0.25) is 0 Å². The smallest absolute Gasteiger partial charge is 0.215 e. The van der Waals surface area contributed by atoms with E-state index in [-0.39, 0.29) is 5.75 Å². The van der Waals surface area contributed by atoms with Gasteiger partial charge in [-0.05, 0) is 20.8 Å². The van der Waals surface area contributed by atoms with Crippen molar-refractivity contribution >= 4 is 21.4 Å². The second-order valence-corrected chi connectivity index (χ2v) is 7.21. The summed E-state index contributed by atoms with van der Waals surface area (Å²) in [5.41, 5.74) is -0.540. The monoisotopic (exact) mass is 264 g/mol. The first-order chi connectivity index (χ1) is 7.20. The zero-order valence-electron chi connectivity index (χ0n) is 9.47. The van der Waals surface area contributed by atoms with Crippen LogP contribution in [-0.2, 0) is 10.0 Å². The predicted octanol–water partition coefficient (Wildman–Crippen LogP) is 0.894. The second kappa shape index (κ2) is 4.79. The highest BCUT2D eigenvalue weighted by Crippen LogP contribution is 2.17. The van der Waals surface area contributed by atoms with Gasteiger partial charge in [0.15, 0.2) is 0 Å². The van der Waals surface area contributed by atoms with Crippen LogP contribution in [0.2, 0.25) is 0 Å². The van der Waals surface area contributed by atoms with Crippen molar-refractivity contribution in [1.82, 2.24) is 9.71 Å². The predicted molar refractivity (Wildman–Crippen MR) is 63.7 cm³/mol. The van der Waals surface area contributed by atoms with Gasteiger partial charge in [0, 0.05) is 17.1 Å². The van der Waals surface area contributed by atoms with Gasteiger partial charge >= 0.3 is 0 Å². The van der Waals surface area contributed by atoms with Crippen LogP contribution in [0.25, 0.3) is 0 Å². The van der Waals surface area contributed by atoms with Crippen molar-refractivity contribution in [2.24, 2.45) is 0 Å². The van der Waals surface area contributed by atoms with Crippen molar-refractivity contribution < 1.29 is 13.5 Å². The molecule has 1 aromatic heterocycles. The van der Waals surface area contributed by atoms with Gasteiger partial charge in [-0.2, -0.15) is 0 Å². The van der Waals surface area contributed by atoms with Crippen LogP contribution in [0.1, 0.15) is 31.9 Å². The lowest BCUT2D eigenvalue weighted by atomic mass is 10.1. The minimum absolute atomic E-state index is 0.363. The molecule has 0 aromatic carbocycles. The highest BCUT2D eigenvalue weighted by atomic mass is 32.2. The van der Waals surface area contributed by atoms with Crippen LogP contribution in [0.15, 0.2) is 11.6 Å². The average molecular weight is 264 g/mol. The lowest BCUT2D eigenvalue weighted by molar-refractivity contribution is 0.200. The van der Waals surface area contributed by atoms with Crippen molar-refractivity contribution in [2.45, 2.75) is 32.4 Å². The molecule has 0 aliphatic rings. The molecule has 1 heterocycles. The Balaban J connectivity index is 2.67. The Kier molecular flexibility index (Phi) is 4.06. The molecule has 1 aromatic rings. The standard InChI is InChI=1S/C9H16N2O3S2/c1-9(2,3)11-16(13,14)6-7(12)8-10-4-5-15-8/h4-5,7,11-12H,6H2,1-3H3. The van der Waals surface area contributed by atoms with Crippen molar-refractivity contribution in [2.75, 3.05) is 5.75 Å². The summed E-state index contributed by atoms with van der Waals surface area (Å²) in [6.45, 7) is 5.25. The molecule has 0 fully saturated rings. The van der Waals surface area contributed by atoms with Gasteiger partial charge in [0.2, 0.25) is 10.0 Å². The number of aliphatic hydroxyl groups is 1. The van der Waals surface area contributed by atoms with E-state index in [4.69, 9.17) is 0 Å². The van der Waals surface area contributed by atoms with E-state index < -0.39 is 21.7 Å². The van der Waals surface area contributed by atoms with E-state index in [0.29, 0.717) is 5.01 Å². The molecule has 92 valence electrons. The Morgan fingerprint density at radius 3 is 2.62 bits per heavy atom. The molecule has 1 atom stereocenters. The van der Waals surface area contributed by atoms with E-state index in [0.717, 1.165) is 0 Å². The Morgan fingerprint density at radius 2 is 2.19 bits per heavy atom. The SMILES string of the molecule is CC(C)(C)NS(=O)(=O)CC(O)c1nccs1. The van der Waals surface area contributed by atoms with E-state index in [1.54, 1.807) is 26.2 Å². The van der Waals surface area contributed by atoms with Crippen LogP contribution in [0, 0.1) is 0 Å². The zero-order valence-corrected chi connectivity index (χ0v) is 11.1. The first-order valence-electron chi connectivity index (χ1n) is 4.79. The molecule has 16 heavy (non-hydrogen) atoms. The van der Waals surface area contributed by atoms with Crippen molar-refractivity contribution in [3.8, 4) is 0 Å². The topological polar surface area (TPSA) is 79.3 Å². The molecule has 0 spiro atoms. The number of nitrogens with zero attached hydrogens (tertiary/aromatic N) is 1. The van der Waals surface area contributed by atoms with E-state index >= 15 is 0 Å². The molecule has 0 aliphatic heterocycles. The maximum Gasteiger partial charge on any atom is 0.215 e. The Morgan fingerprint density at radius 1 is 1.56 bits per heavy atom. The maximum absolute atomic E-state index is 11.7. The quantitative estimate of drug-likeness (QED) is 0.846. The van der Waals surface area contributed by atoms with Gasteiger partial charge in [0.25, 0.3) is 0 Å². The molecular weight excluding hydrogens is 248 g/mol. The van der Waals surface area contributed by atoms with Gasteiger partial charge in [0.05, 0.1) is 5.75 Å². The Labute approximate surface area is 99.6 Å². The highest BCUT2D eigenvalue weighted by Gasteiger charge is 2.24. The summed E-state index contributed by atoms with van der Waals surface area (Å²) in [5, 5.41) is 11.8. The van der Waals surface area contributed by atoms with Crippen LogP contribution in [-0.4, -0.2) is 29.8 Å². The summed E-state index contributed by atoms with van der Waals surface area (Å²) in [6, 6.07) is 0. The summed E-state index contributed by atoms with van der Waals surface area (Å²) in [6.07, 6.45) is 0.465. The van der Waals surface area contributed by atoms with Crippen LogP contribution in [0.5, 0.6) is 0 Å². The normalized spacial score (nSPS) is 15.0. The van der Waals surface area contributed by atoms with Crippen molar-refractivity contribution in [1.29, 1.82) is 0 Å². The number of sulfonamides is 1. The van der Waals surface area contributed by atoms with E-state index in [9.17, 15) is 13.5 Å². The first-order valence-corrected chi connectivity index (χ1v) is 7.32. The molecule has 5 nitrogen and oxygen atoms in total. The van der Waals surface area contributed by atoms with Gasteiger partial charge in [-0.25, -0.2) is 18.1 Å². The number of aromatic nitrogens is 1. The fraction of sp³-hybridized carbons (Fsp3) is 0.667. The van der Waals surface area contributed by atoms with Gasteiger partial charge in [-0.15, -0.1) is 11.3 Å². The molecule has 0 amide bonds. The average Bonchev–Trinajstić information content (AvgIpc) is 2.48. The third-order valence-electron chi connectivity index (χ3n) is 1.58. The lowest BCUT2D eigenvalue weighted by Gasteiger charge is -2.21. The highest BCUT2D eigenvalue weighted by molar-refractivity contribution is 7.89. The molecular formula is C9H16N2O3S2. The number of rotatable bonds is 4. The fourth-order valence-corrected chi connectivity index (χ4v) is 3.50. The lowest BCUT2D eigenvalue weighted by Crippen LogP contribution is -2.42. The number of nitrogens with one attached hydrogen (secondary N) is 1. The summed E-state index contributed by atoms with van der Waals surface area (Å²) in [5.74, 6) is -0.363. The third-order valence-corrected chi connectivity index (χ3v) is 4.13. The molecule has 0 radical (unpaired) electrons. The number of thiazole rings is 1. The molecule has 0 bridgehead atoms. The van der Waals surface area contributed by atoms with Crippen LogP contribution in [0.3, 0.4) is 0 Å². The van der Waals surface area contributed by atoms with Crippen molar-refractivity contribution in [3.63, 3.8) is 0 Å². The minimum atomic E-state index is -3.50. The van der Waals surface area contributed by atoms with Gasteiger partial charge in [-0.1, -0.05) is 0 Å².